The van der Waals surface area contributed by atoms with Crippen LogP contribution in [0.2, 0.25) is 0 Å². The van der Waals surface area contributed by atoms with E-state index in [0.717, 1.165) is 11.9 Å². The normalized spacial score (nSPS) is 10.6. The van der Waals surface area contributed by atoms with Gasteiger partial charge in [-0.05, 0) is 36.2 Å². The van der Waals surface area contributed by atoms with E-state index < -0.39 is 11.0 Å². The molecule has 0 aliphatic carbocycles. The number of ether oxygens (including phenoxy) is 1. The van der Waals surface area contributed by atoms with E-state index >= 15 is 0 Å². The molecule has 0 saturated carbocycles. The topological polar surface area (TPSA) is 59.2 Å². The lowest BCUT2D eigenvalue weighted by Crippen LogP contribution is -2.06. The Morgan fingerprint density at radius 3 is 2.83 bits per heavy atom. The molecule has 0 spiro atoms. The van der Waals surface area contributed by atoms with Gasteiger partial charge < -0.3 is 9.72 Å². The monoisotopic (exact) mass is 265 g/mol. The van der Waals surface area contributed by atoms with Crippen LogP contribution in [0.3, 0.4) is 0 Å². The number of hydrogen-bond donors (Lipinski definition) is 1. The van der Waals surface area contributed by atoms with Crippen molar-refractivity contribution in [3.05, 3.63) is 30.0 Å². The molecule has 0 radical (unpaired) electrons. The van der Waals surface area contributed by atoms with Gasteiger partial charge in [-0.2, -0.15) is 0 Å². The highest BCUT2D eigenvalue weighted by Crippen LogP contribution is 2.24. The van der Waals surface area contributed by atoms with Gasteiger partial charge in [0.25, 0.3) is 5.24 Å². The number of carbonyl (C=O) groups is 2. The minimum absolute atomic E-state index is 0.270. The Morgan fingerprint density at radius 1 is 1.39 bits per heavy atom. The molecule has 18 heavy (non-hydrogen) atoms. The molecule has 0 aliphatic heterocycles. The molecule has 0 amide bonds. The smallest absolute Gasteiger partial charge is 0.293 e. The lowest BCUT2D eigenvalue weighted by atomic mass is 10.1. The molecule has 0 saturated heterocycles. The first kappa shape index (κ1) is 12.6. The van der Waals surface area contributed by atoms with Gasteiger partial charge in [0.2, 0.25) is 5.78 Å². The van der Waals surface area contributed by atoms with Gasteiger partial charge in [0.1, 0.15) is 5.75 Å². The van der Waals surface area contributed by atoms with Crippen molar-refractivity contribution >= 4 is 33.5 Å². The van der Waals surface area contributed by atoms with Crippen LogP contribution in [-0.4, -0.2) is 22.6 Å². The zero-order valence-corrected chi connectivity index (χ0v) is 10.6. The Balaban J connectivity index is 2.43. The first-order valence-electron chi connectivity index (χ1n) is 5.61. The molecule has 2 rings (SSSR count). The number of aromatic amines is 1. The number of halogens is 1. The van der Waals surface area contributed by atoms with Crippen LogP contribution in [0.15, 0.2) is 24.4 Å². The van der Waals surface area contributed by atoms with Crippen LogP contribution in [0.4, 0.5) is 0 Å². The van der Waals surface area contributed by atoms with E-state index in [1.165, 1.54) is 6.20 Å². The molecule has 0 aliphatic rings. The average Bonchev–Trinajstić information content (AvgIpc) is 2.78. The minimum Gasteiger partial charge on any atom is -0.494 e. The molecule has 1 heterocycles. The van der Waals surface area contributed by atoms with Crippen LogP contribution in [0.5, 0.6) is 5.75 Å². The molecule has 0 bridgehead atoms. The molecular formula is C13H12ClNO3. The van der Waals surface area contributed by atoms with Crippen molar-refractivity contribution in [1.82, 2.24) is 4.98 Å². The summed E-state index contributed by atoms with van der Waals surface area (Å²) in [5.74, 6) is -0.0458. The number of nitrogens with one attached hydrogen (secondary N) is 1. The minimum atomic E-state index is -0.990. The van der Waals surface area contributed by atoms with Crippen molar-refractivity contribution in [2.24, 2.45) is 0 Å². The predicted octanol–water partition coefficient (Wildman–Crippen LogP) is 2.90. The average molecular weight is 266 g/mol. The summed E-state index contributed by atoms with van der Waals surface area (Å²) in [5.41, 5.74) is 1.03. The van der Waals surface area contributed by atoms with E-state index in [2.05, 4.69) is 4.98 Å². The Kier molecular flexibility index (Phi) is 3.67. The molecule has 1 N–H and O–H groups in total. The van der Waals surface area contributed by atoms with Gasteiger partial charge in [0.05, 0.1) is 12.2 Å². The second kappa shape index (κ2) is 5.23. The van der Waals surface area contributed by atoms with Crippen molar-refractivity contribution in [3.63, 3.8) is 0 Å². The standard InChI is InChI=1S/C13H12ClNO3/c1-2-5-18-8-3-4-11-9(6-8)10(7-15-11)12(16)13(14)17/h3-4,6-7,15H,2,5H2,1H3. The van der Waals surface area contributed by atoms with Crippen molar-refractivity contribution in [3.8, 4) is 5.75 Å². The molecule has 0 unspecified atom stereocenters. The van der Waals surface area contributed by atoms with Crippen LogP contribution in [0.25, 0.3) is 10.9 Å². The Bertz CT molecular complexity index is 603. The third kappa shape index (κ3) is 2.38. The number of rotatable bonds is 5. The lowest BCUT2D eigenvalue weighted by Gasteiger charge is -2.04. The van der Waals surface area contributed by atoms with Crippen molar-refractivity contribution < 1.29 is 14.3 Å². The third-order valence-corrected chi connectivity index (χ3v) is 2.72. The van der Waals surface area contributed by atoms with Gasteiger partial charge in [-0.3, -0.25) is 9.59 Å². The summed E-state index contributed by atoms with van der Waals surface area (Å²) in [6.07, 6.45) is 2.38. The zero-order chi connectivity index (χ0) is 13.1. The van der Waals surface area contributed by atoms with Crippen LogP contribution in [0, 0.1) is 0 Å². The van der Waals surface area contributed by atoms with Gasteiger partial charge in [0.15, 0.2) is 0 Å². The fraction of sp³-hybridized carbons (Fsp3) is 0.231. The van der Waals surface area contributed by atoms with E-state index in [0.29, 0.717) is 17.7 Å². The van der Waals surface area contributed by atoms with Gasteiger partial charge in [-0.1, -0.05) is 6.92 Å². The van der Waals surface area contributed by atoms with Crippen molar-refractivity contribution in [2.45, 2.75) is 13.3 Å². The summed E-state index contributed by atoms with van der Waals surface area (Å²) in [6, 6.07) is 5.34. The van der Waals surface area contributed by atoms with Crippen LogP contribution < -0.4 is 4.74 Å². The maximum Gasteiger partial charge on any atom is 0.293 e. The van der Waals surface area contributed by atoms with Gasteiger partial charge >= 0.3 is 0 Å². The molecular weight excluding hydrogens is 254 g/mol. The fourth-order valence-corrected chi connectivity index (χ4v) is 1.80. The molecule has 94 valence electrons. The summed E-state index contributed by atoms with van der Waals surface area (Å²) in [5, 5.41) is -0.349. The Hall–Kier alpha value is -1.81. The second-order valence-corrected chi connectivity index (χ2v) is 4.20. The Labute approximate surface area is 109 Å². The van der Waals surface area contributed by atoms with Gasteiger partial charge in [0, 0.05) is 17.1 Å². The van der Waals surface area contributed by atoms with Gasteiger partial charge in [-0.15, -0.1) is 0 Å². The largest absolute Gasteiger partial charge is 0.494 e. The van der Waals surface area contributed by atoms with Crippen molar-refractivity contribution in [2.75, 3.05) is 6.61 Å². The second-order valence-electron chi connectivity index (χ2n) is 3.86. The van der Waals surface area contributed by atoms with E-state index in [4.69, 9.17) is 16.3 Å². The number of Topliss-reactive ketones (excluding diaryl/α,β-unsaturated/α-hetero) is 1. The first-order chi connectivity index (χ1) is 8.63. The Morgan fingerprint density at radius 2 is 2.17 bits per heavy atom. The molecule has 1 aromatic carbocycles. The molecule has 1 aromatic heterocycles. The summed E-state index contributed by atoms with van der Waals surface area (Å²) < 4.78 is 5.48. The van der Waals surface area contributed by atoms with E-state index in [1.54, 1.807) is 12.1 Å². The number of fused-ring (bicyclic) bond motifs is 1. The van der Waals surface area contributed by atoms with E-state index in [1.807, 2.05) is 13.0 Å². The maximum atomic E-state index is 11.6. The highest BCUT2D eigenvalue weighted by atomic mass is 35.5. The molecule has 2 aromatic rings. The SMILES string of the molecule is CCCOc1ccc2[nH]cc(C(=O)C(=O)Cl)c2c1. The third-order valence-electron chi connectivity index (χ3n) is 2.55. The van der Waals surface area contributed by atoms with Gasteiger partial charge in [-0.25, -0.2) is 0 Å². The highest BCUT2D eigenvalue weighted by Gasteiger charge is 2.18. The number of aromatic nitrogens is 1. The summed E-state index contributed by atoms with van der Waals surface area (Å²) in [6.45, 7) is 2.61. The van der Waals surface area contributed by atoms with E-state index in [9.17, 15) is 9.59 Å². The first-order valence-corrected chi connectivity index (χ1v) is 5.99. The summed E-state index contributed by atoms with van der Waals surface area (Å²) >= 11 is 5.21. The van der Waals surface area contributed by atoms with E-state index in [-0.39, 0.29) is 5.56 Å². The van der Waals surface area contributed by atoms with Crippen LogP contribution in [-0.2, 0) is 4.79 Å². The quantitative estimate of drug-likeness (QED) is 0.514. The zero-order valence-electron chi connectivity index (χ0n) is 9.83. The van der Waals surface area contributed by atoms with Crippen LogP contribution in [0.1, 0.15) is 23.7 Å². The molecule has 4 nitrogen and oxygen atoms in total. The summed E-state index contributed by atoms with van der Waals surface area (Å²) in [4.78, 5) is 25.4. The molecule has 0 atom stereocenters. The number of hydrogen-bond acceptors (Lipinski definition) is 3. The number of carbonyl (C=O) groups excluding carboxylic acids is 2. The fourth-order valence-electron chi connectivity index (χ4n) is 1.70. The number of ketones is 1. The lowest BCUT2D eigenvalue weighted by molar-refractivity contribution is -0.108. The molecule has 0 fully saturated rings. The maximum absolute atomic E-state index is 11.6. The van der Waals surface area contributed by atoms with Crippen molar-refractivity contribution in [1.29, 1.82) is 0 Å². The molecule has 5 heteroatoms. The predicted molar refractivity (Wildman–Crippen MR) is 69.3 cm³/mol. The number of benzene rings is 1. The van der Waals surface area contributed by atoms with Crippen LogP contribution >= 0.6 is 11.6 Å². The number of H-pyrrole nitrogens is 1. The summed E-state index contributed by atoms with van der Waals surface area (Å²) in [7, 11) is 0. The highest BCUT2D eigenvalue weighted by molar-refractivity contribution is 6.83.